The van der Waals surface area contributed by atoms with Gasteiger partial charge in [-0.25, -0.2) is 4.79 Å². The van der Waals surface area contributed by atoms with Gasteiger partial charge < -0.3 is 10.6 Å². The number of hydrogen-bond acceptors (Lipinski definition) is 2. The van der Waals surface area contributed by atoms with Crippen molar-refractivity contribution in [1.82, 2.24) is 20.4 Å². The molecule has 1 aromatic heterocycles. The zero-order valence-corrected chi connectivity index (χ0v) is 12.8. The molecule has 2 rings (SSSR count). The quantitative estimate of drug-likeness (QED) is 0.832. The normalized spacial score (nSPS) is 11.2. The summed E-state index contributed by atoms with van der Waals surface area (Å²) in [6.07, 6.45) is 3.73. The van der Waals surface area contributed by atoms with Crippen LogP contribution in [0.4, 0.5) is 4.79 Å². The molecule has 2 N–H and O–H groups in total. The molecular formula is C17H20N4O. The summed E-state index contributed by atoms with van der Waals surface area (Å²) in [4.78, 5) is 11.7. The number of nitrogens with zero attached hydrogens (tertiary/aromatic N) is 2. The number of benzene rings is 1. The van der Waals surface area contributed by atoms with Crippen LogP contribution in [0, 0.1) is 11.8 Å². The second-order valence-corrected chi connectivity index (χ2v) is 4.93. The van der Waals surface area contributed by atoms with Gasteiger partial charge in [0.25, 0.3) is 0 Å². The van der Waals surface area contributed by atoms with E-state index in [1.54, 1.807) is 13.1 Å². The van der Waals surface area contributed by atoms with Crippen LogP contribution in [0.5, 0.6) is 0 Å². The van der Waals surface area contributed by atoms with Crippen molar-refractivity contribution in [2.75, 3.05) is 6.54 Å². The summed E-state index contributed by atoms with van der Waals surface area (Å²) in [7, 11) is 0. The maximum absolute atomic E-state index is 11.7. The van der Waals surface area contributed by atoms with E-state index in [1.165, 1.54) is 5.56 Å². The van der Waals surface area contributed by atoms with Crippen molar-refractivity contribution in [3.63, 3.8) is 0 Å². The van der Waals surface area contributed by atoms with E-state index in [4.69, 9.17) is 0 Å². The Morgan fingerprint density at radius 3 is 2.86 bits per heavy atom. The molecule has 0 radical (unpaired) electrons. The first-order valence-electron chi connectivity index (χ1n) is 7.19. The van der Waals surface area contributed by atoms with Gasteiger partial charge in [-0.1, -0.05) is 36.3 Å². The van der Waals surface area contributed by atoms with E-state index < -0.39 is 0 Å². The van der Waals surface area contributed by atoms with Gasteiger partial charge in [0.05, 0.1) is 25.3 Å². The van der Waals surface area contributed by atoms with Crippen molar-refractivity contribution >= 4 is 6.03 Å². The minimum absolute atomic E-state index is 0.112. The molecule has 1 atom stereocenters. The molecular weight excluding hydrogens is 276 g/mol. The zero-order chi connectivity index (χ0) is 15.8. The fourth-order valence-corrected chi connectivity index (χ4v) is 2.00. The Morgan fingerprint density at radius 2 is 2.14 bits per heavy atom. The molecule has 1 aromatic carbocycles. The summed E-state index contributed by atoms with van der Waals surface area (Å²) in [6.45, 7) is 4.73. The minimum Gasteiger partial charge on any atom is -0.332 e. The van der Waals surface area contributed by atoms with Gasteiger partial charge in [0.15, 0.2) is 0 Å². The van der Waals surface area contributed by atoms with Gasteiger partial charge in [0, 0.05) is 11.8 Å². The lowest BCUT2D eigenvalue weighted by atomic mass is 10.2. The molecule has 0 bridgehead atoms. The molecule has 2 amide bonds. The number of aromatic nitrogens is 2. The third kappa shape index (κ3) is 4.67. The Hall–Kier alpha value is -2.74. The first-order chi connectivity index (χ1) is 10.7. The highest BCUT2D eigenvalue weighted by Crippen LogP contribution is 2.11. The molecule has 5 nitrogen and oxygen atoms in total. The highest BCUT2D eigenvalue weighted by molar-refractivity contribution is 5.74. The van der Waals surface area contributed by atoms with Gasteiger partial charge in [-0.15, -0.1) is 5.92 Å². The lowest BCUT2D eigenvalue weighted by Gasteiger charge is -2.12. The fraction of sp³-hybridized carbons (Fsp3) is 0.294. The van der Waals surface area contributed by atoms with E-state index in [2.05, 4.69) is 39.7 Å². The largest absolute Gasteiger partial charge is 0.332 e. The first kappa shape index (κ1) is 15.6. The van der Waals surface area contributed by atoms with Crippen molar-refractivity contribution in [2.24, 2.45) is 0 Å². The summed E-state index contributed by atoms with van der Waals surface area (Å²) in [5.74, 6) is 5.51. The highest BCUT2D eigenvalue weighted by atomic mass is 16.2. The standard InChI is InChI=1S/C17H20N4O/c1-3-4-10-18-17(22)20-14(2)16-11-19-21(13-16)12-15-8-6-5-7-9-15/h5-9,11,13-14H,10,12H2,1-2H3,(H2,18,20,22)/t14-/m1/s1. The third-order valence-electron chi connectivity index (χ3n) is 3.20. The van der Waals surface area contributed by atoms with Gasteiger partial charge in [0.1, 0.15) is 0 Å². The van der Waals surface area contributed by atoms with Crippen molar-refractivity contribution in [3.8, 4) is 11.8 Å². The van der Waals surface area contributed by atoms with E-state index in [-0.39, 0.29) is 12.1 Å². The zero-order valence-electron chi connectivity index (χ0n) is 12.8. The van der Waals surface area contributed by atoms with Crippen LogP contribution in [0.1, 0.15) is 31.0 Å². The number of rotatable bonds is 5. The molecule has 0 spiro atoms. The summed E-state index contributed by atoms with van der Waals surface area (Å²) >= 11 is 0. The lowest BCUT2D eigenvalue weighted by Crippen LogP contribution is -2.37. The van der Waals surface area contributed by atoms with Gasteiger partial charge in [-0.2, -0.15) is 5.10 Å². The van der Waals surface area contributed by atoms with Gasteiger partial charge in [-0.3, -0.25) is 4.68 Å². The summed E-state index contributed by atoms with van der Waals surface area (Å²) in [6, 6.07) is 9.79. The Balaban J connectivity index is 1.89. The van der Waals surface area contributed by atoms with Crippen LogP contribution in [0.25, 0.3) is 0 Å². The monoisotopic (exact) mass is 296 g/mol. The molecule has 0 aliphatic carbocycles. The van der Waals surface area contributed by atoms with Crippen LogP contribution in [-0.2, 0) is 6.54 Å². The number of amides is 2. The topological polar surface area (TPSA) is 59.0 Å². The molecule has 114 valence electrons. The molecule has 1 heterocycles. The van der Waals surface area contributed by atoms with E-state index in [0.29, 0.717) is 13.1 Å². The molecule has 0 aliphatic rings. The second kappa shape index (κ2) is 7.89. The van der Waals surface area contributed by atoms with E-state index in [1.807, 2.05) is 36.0 Å². The fourth-order valence-electron chi connectivity index (χ4n) is 2.00. The number of carbonyl (C=O) groups excluding carboxylic acids is 1. The molecule has 22 heavy (non-hydrogen) atoms. The number of carbonyl (C=O) groups is 1. The van der Waals surface area contributed by atoms with E-state index in [0.717, 1.165) is 5.56 Å². The summed E-state index contributed by atoms with van der Waals surface area (Å²) in [5.41, 5.74) is 2.15. The third-order valence-corrected chi connectivity index (χ3v) is 3.20. The average molecular weight is 296 g/mol. The molecule has 0 saturated carbocycles. The Kier molecular flexibility index (Phi) is 5.61. The van der Waals surface area contributed by atoms with Gasteiger partial charge >= 0.3 is 6.03 Å². The van der Waals surface area contributed by atoms with Crippen LogP contribution in [-0.4, -0.2) is 22.4 Å². The van der Waals surface area contributed by atoms with Crippen molar-refractivity contribution in [1.29, 1.82) is 0 Å². The van der Waals surface area contributed by atoms with Crippen LogP contribution in [0.2, 0.25) is 0 Å². The SMILES string of the molecule is CC#CCNC(=O)N[C@H](C)c1cnn(Cc2ccccc2)c1. The molecule has 5 heteroatoms. The second-order valence-electron chi connectivity index (χ2n) is 4.93. The summed E-state index contributed by atoms with van der Waals surface area (Å²) in [5, 5.41) is 9.88. The molecule has 0 fully saturated rings. The molecule has 0 unspecified atom stereocenters. The Morgan fingerprint density at radius 1 is 1.36 bits per heavy atom. The predicted molar refractivity (Wildman–Crippen MR) is 86.2 cm³/mol. The van der Waals surface area contributed by atoms with Gasteiger partial charge in [0.2, 0.25) is 0 Å². The smallest absolute Gasteiger partial charge is 0.316 e. The first-order valence-corrected chi connectivity index (χ1v) is 7.19. The van der Waals surface area contributed by atoms with E-state index >= 15 is 0 Å². The van der Waals surface area contributed by atoms with Crippen LogP contribution in [0.15, 0.2) is 42.7 Å². The van der Waals surface area contributed by atoms with E-state index in [9.17, 15) is 4.79 Å². The van der Waals surface area contributed by atoms with Crippen LogP contribution in [0.3, 0.4) is 0 Å². The molecule has 0 aliphatic heterocycles. The van der Waals surface area contributed by atoms with Crippen LogP contribution < -0.4 is 10.6 Å². The van der Waals surface area contributed by atoms with Crippen LogP contribution >= 0.6 is 0 Å². The number of urea groups is 1. The maximum Gasteiger partial charge on any atom is 0.316 e. The Labute approximate surface area is 130 Å². The van der Waals surface area contributed by atoms with Gasteiger partial charge in [-0.05, 0) is 19.4 Å². The van der Waals surface area contributed by atoms with Crippen molar-refractivity contribution in [2.45, 2.75) is 26.4 Å². The number of hydrogen-bond donors (Lipinski definition) is 2. The predicted octanol–water partition coefficient (Wildman–Crippen LogP) is 2.31. The average Bonchev–Trinajstić information content (AvgIpc) is 2.97. The van der Waals surface area contributed by atoms with Crippen molar-refractivity contribution in [3.05, 3.63) is 53.9 Å². The maximum atomic E-state index is 11.7. The number of nitrogens with one attached hydrogen (secondary N) is 2. The molecule has 2 aromatic rings. The Bertz CT molecular complexity index is 667. The molecule has 0 saturated heterocycles. The highest BCUT2D eigenvalue weighted by Gasteiger charge is 2.11. The summed E-state index contributed by atoms with van der Waals surface area (Å²) < 4.78 is 1.86. The lowest BCUT2D eigenvalue weighted by molar-refractivity contribution is 0.239. The van der Waals surface area contributed by atoms with Crippen molar-refractivity contribution < 1.29 is 4.79 Å². The minimum atomic E-state index is -0.231.